The van der Waals surface area contributed by atoms with Gasteiger partial charge in [0, 0.05) is 12.6 Å². The molecule has 0 heterocycles. The average molecular weight is 293 g/mol. The van der Waals surface area contributed by atoms with Gasteiger partial charge in [0.15, 0.2) is 0 Å². The predicted molar refractivity (Wildman–Crippen MR) is 84.4 cm³/mol. The minimum Gasteiger partial charge on any atom is -0.493 e. The van der Waals surface area contributed by atoms with Gasteiger partial charge in [-0.1, -0.05) is 39.0 Å². The van der Waals surface area contributed by atoms with Gasteiger partial charge in [-0.25, -0.2) is 0 Å². The number of nitrogens with one attached hydrogen (secondary N) is 1. The number of carbonyl (C=O) groups excluding carboxylic acids is 1. The number of aliphatic hydroxyl groups is 1. The number of carbonyl (C=O) groups is 1. The molecule has 0 aromatic heterocycles. The lowest BCUT2D eigenvalue weighted by atomic mass is 9.85. The van der Waals surface area contributed by atoms with E-state index in [0.29, 0.717) is 19.4 Å². The molecule has 2 N–H and O–H groups in total. The molecule has 1 unspecified atom stereocenters. The quantitative estimate of drug-likeness (QED) is 0.812. The third-order valence-electron chi connectivity index (χ3n) is 3.48. The smallest absolute Gasteiger partial charge is 0.223 e. The van der Waals surface area contributed by atoms with Gasteiger partial charge >= 0.3 is 0 Å². The van der Waals surface area contributed by atoms with Crippen LogP contribution in [0.3, 0.4) is 0 Å². The molecule has 1 amide bonds. The molecule has 0 aliphatic rings. The fraction of sp³-hybridized carbons (Fsp3) is 0.588. The van der Waals surface area contributed by atoms with E-state index in [-0.39, 0.29) is 24.0 Å². The second-order valence-corrected chi connectivity index (χ2v) is 6.36. The van der Waals surface area contributed by atoms with Gasteiger partial charge in [0.2, 0.25) is 5.91 Å². The summed E-state index contributed by atoms with van der Waals surface area (Å²) in [5, 5.41) is 12.1. The number of ether oxygens (including phenoxy) is 1. The van der Waals surface area contributed by atoms with Crippen molar-refractivity contribution in [2.24, 2.45) is 5.41 Å². The van der Waals surface area contributed by atoms with Crippen molar-refractivity contribution in [3.8, 4) is 5.75 Å². The highest BCUT2D eigenvalue weighted by Gasteiger charge is 2.25. The number of benzene rings is 1. The fourth-order valence-corrected chi connectivity index (χ4v) is 2.09. The van der Waals surface area contributed by atoms with E-state index in [1.165, 1.54) is 0 Å². The number of aliphatic hydroxyl groups excluding tert-OH is 1. The van der Waals surface area contributed by atoms with E-state index in [0.717, 1.165) is 11.3 Å². The first-order chi connectivity index (χ1) is 9.84. The van der Waals surface area contributed by atoms with Crippen molar-refractivity contribution < 1.29 is 14.6 Å². The zero-order valence-electron chi connectivity index (χ0n) is 13.5. The molecule has 4 heteroatoms. The largest absolute Gasteiger partial charge is 0.493 e. The van der Waals surface area contributed by atoms with E-state index in [1.54, 1.807) is 0 Å². The van der Waals surface area contributed by atoms with Crippen molar-refractivity contribution in [3.05, 3.63) is 29.8 Å². The Morgan fingerprint density at radius 3 is 2.57 bits per heavy atom. The molecule has 0 radical (unpaired) electrons. The van der Waals surface area contributed by atoms with Crippen molar-refractivity contribution in [1.29, 1.82) is 0 Å². The van der Waals surface area contributed by atoms with Gasteiger partial charge in [-0.2, -0.15) is 0 Å². The second-order valence-electron chi connectivity index (χ2n) is 6.36. The van der Waals surface area contributed by atoms with Crippen LogP contribution in [0.5, 0.6) is 5.75 Å². The topological polar surface area (TPSA) is 58.6 Å². The highest BCUT2D eigenvalue weighted by atomic mass is 16.5. The summed E-state index contributed by atoms with van der Waals surface area (Å²) in [6.07, 6.45) is 0.875. The molecule has 1 aromatic rings. The van der Waals surface area contributed by atoms with E-state index < -0.39 is 0 Å². The van der Waals surface area contributed by atoms with E-state index in [2.05, 4.69) is 26.1 Å². The van der Waals surface area contributed by atoms with Crippen LogP contribution in [0.15, 0.2) is 24.3 Å². The molecular weight excluding hydrogens is 266 g/mol. The molecule has 0 fully saturated rings. The molecule has 0 bridgehead atoms. The normalized spacial score (nSPS) is 12.8. The lowest BCUT2D eigenvalue weighted by Crippen LogP contribution is -2.44. The zero-order chi connectivity index (χ0) is 15.9. The molecule has 0 aliphatic carbocycles. The lowest BCUT2D eigenvalue weighted by molar-refractivity contribution is -0.123. The van der Waals surface area contributed by atoms with Crippen LogP contribution in [0, 0.1) is 12.3 Å². The summed E-state index contributed by atoms with van der Waals surface area (Å²) in [4.78, 5) is 12.0. The maximum absolute atomic E-state index is 12.0. The Kier molecular flexibility index (Phi) is 6.69. The summed E-state index contributed by atoms with van der Waals surface area (Å²) in [6, 6.07) is 7.72. The van der Waals surface area contributed by atoms with Crippen LogP contribution in [0.25, 0.3) is 0 Å². The van der Waals surface area contributed by atoms with Crippen LogP contribution >= 0.6 is 0 Å². The molecule has 1 aromatic carbocycles. The maximum atomic E-state index is 12.0. The lowest BCUT2D eigenvalue weighted by Gasteiger charge is -2.31. The van der Waals surface area contributed by atoms with Crippen molar-refractivity contribution in [2.45, 2.75) is 46.6 Å². The second kappa shape index (κ2) is 8.03. The standard InChI is InChI=1S/C17H27NO3/c1-13-7-5-6-8-14(13)21-12-10-16(20)18-15(9-11-19)17(2,3)4/h5-8,15,19H,9-12H2,1-4H3,(H,18,20). The molecule has 4 nitrogen and oxygen atoms in total. The molecule has 0 saturated heterocycles. The Balaban J connectivity index is 2.41. The van der Waals surface area contributed by atoms with Gasteiger partial charge in [0.25, 0.3) is 0 Å². The Labute approximate surface area is 127 Å². The van der Waals surface area contributed by atoms with Crippen LogP contribution in [-0.2, 0) is 4.79 Å². The minimum atomic E-state index is -0.0741. The van der Waals surface area contributed by atoms with Crippen LogP contribution in [0.4, 0.5) is 0 Å². The van der Waals surface area contributed by atoms with Gasteiger partial charge in [-0.3, -0.25) is 4.79 Å². The van der Waals surface area contributed by atoms with Gasteiger partial charge in [0.1, 0.15) is 5.75 Å². The van der Waals surface area contributed by atoms with E-state index in [9.17, 15) is 4.79 Å². The van der Waals surface area contributed by atoms with E-state index in [1.807, 2.05) is 31.2 Å². The monoisotopic (exact) mass is 293 g/mol. The molecule has 0 spiro atoms. The van der Waals surface area contributed by atoms with Gasteiger partial charge in [-0.15, -0.1) is 0 Å². The Morgan fingerprint density at radius 1 is 1.33 bits per heavy atom. The predicted octanol–water partition coefficient (Wildman–Crippen LogP) is 2.68. The molecule has 0 aliphatic heterocycles. The number of hydrogen-bond acceptors (Lipinski definition) is 3. The Morgan fingerprint density at radius 2 is 2.00 bits per heavy atom. The number of hydrogen-bond donors (Lipinski definition) is 2. The van der Waals surface area contributed by atoms with Crippen LogP contribution in [0.2, 0.25) is 0 Å². The summed E-state index contributed by atoms with van der Waals surface area (Å²) in [7, 11) is 0. The molecular formula is C17H27NO3. The SMILES string of the molecule is Cc1ccccc1OCCC(=O)NC(CCO)C(C)(C)C. The highest BCUT2D eigenvalue weighted by molar-refractivity contribution is 5.76. The summed E-state index contributed by atoms with van der Waals surface area (Å²) >= 11 is 0. The van der Waals surface area contributed by atoms with Crippen molar-refractivity contribution in [3.63, 3.8) is 0 Å². The first kappa shape index (κ1) is 17.5. The third-order valence-corrected chi connectivity index (χ3v) is 3.48. The number of amides is 1. The maximum Gasteiger partial charge on any atom is 0.223 e. The van der Waals surface area contributed by atoms with Gasteiger partial charge in [0.05, 0.1) is 13.0 Å². The van der Waals surface area contributed by atoms with E-state index >= 15 is 0 Å². The van der Waals surface area contributed by atoms with Crippen molar-refractivity contribution in [2.75, 3.05) is 13.2 Å². The fourth-order valence-electron chi connectivity index (χ4n) is 2.09. The summed E-state index contributed by atoms with van der Waals surface area (Å²) in [6.45, 7) is 8.56. The summed E-state index contributed by atoms with van der Waals surface area (Å²) < 4.78 is 5.62. The Bertz CT molecular complexity index is 452. The third kappa shape index (κ3) is 6.17. The van der Waals surface area contributed by atoms with Crippen LogP contribution in [-0.4, -0.2) is 30.3 Å². The summed E-state index contributed by atoms with van der Waals surface area (Å²) in [5.74, 6) is 0.769. The molecule has 21 heavy (non-hydrogen) atoms. The van der Waals surface area contributed by atoms with Crippen molar-refractivity contribution >= 4 is 5.91 Å². The van der Waals surface area contributed by atoms with Crippen LogP contribution < -0.4 is 10.1 Å². The summed E-state index contributed by atoms with van der Waals surface area (Å²) in [5.41, 5.74) is 0.987. The molecule has 0 saturated carbocycles. The van der Waals surface area contributed by atoms with E-state index in [4.69, 9.17) is 9.84 Å². The molecule has 1 rings (SSSR count). The minimum absolute atomic E-state index is 0.0338. The first-order valence-electron chi connectivity index (χ1n) is 7.43. The average Bonchev–Trinajstić information content (AvgIpc) is 2.39. The zero-order valence-corrected chi connectivity index (χ0v) is 13.5. The molecule has 118 valence electrons. The van der Waals surface area contributed by atoms with Gasteiger partial charge < -0.3 is 15.2 Å². The number of aryl methyl sites for hydroxylation is 1. The van der Waals surface area contributed by atoms with Crippen LogP contribution in [0.1, 0.15) is 39.2 Å². The van der Waals surface area contributed by atoms with Gasteiger partial charge in [-0.05, 0) is 30.4 Å². The number of para-hydroxylation sites is 1. The number of rotatable bonds is 7. The first-order valence-corrected chi connectivity index (χ1v) is 7.43. The highest BCUT2D eigenvalue weighted by Crippen LogP contribution is 2.21. The molecule has 1 atom stereocenters. The van der Waals surface area contributed by atoms with Crippen molar-refractivity contribution in [1.82, 2.24) is 5.32 Å². The Hall–Kier alpha value is -1.55.